The Hall–Kier alpha value is -9.60. The number of hydrogen-bond acceptors (Lipinski definition) is 8. The monoisotopic (exact) mass is 1030 g/mol. The topological polar surface area (TPSA) is 58.5 Å². The normalized spacial score (nSPS) is 13.0. The van der Waals surface area contributed by atoms with Gasteiger partial charge < -0.3 is 18.6 Å². The van der Waals surface area contributed by atoms with Crippen molar-refractivity contribution in [3.63, 3.8) is 0 Å². The van der Waals surface area contributed by atoms with Crippen LogP contribution in [-0.2, 0) is 0 Å². The summed E-state index contributed by atoms with van der Waals surface area (Å²) in [7, 11) is 0. The lowest BCUT2D eigenvalue weighted by Gasteiger charge is -2.33. The van der Waals surface area contributed by atoms with Crippen LogP contribution in [0.4, 0.5) is 22.7 Å². The Balaban J connectivity index is 0.770. The molecular weight excluding hydrogens is 993 g/mol. The minimum atomic E-state index is -0.0657. The summed E-state index contributed by atoms with van der Waals surface area (Å²) < 4.78 is 16.2. The first kappa shape index (κ1) is 43.6. The number of anilines is 4. The molecule has 0 saturated heterocycles. The second kappa shape index (κ2) is 17.0. The Kier molecular flexibility index (Phi) is 9.48. The molecule has 0 N–H and O–H groups in total. The van der Waals surface area contributed by atoms with Gasteiger partial charge in [0.1, 0.15) is 32.3 Å². The van der Waals surface area contributed by atoms with E-state index in [-0.39, 0.29) is 12.1 Å². The molecule has 0 atom stereocenters. The van der Waals surface area contributed by atoms with E-state index in [2.05, 4.69) is 240 Å². The van der Waals surface area contributed by atoms with Crippen LogP contribution < -0.4 is 9.80 Å². The number of fused-ring (bicyclic) bond motifs is 14. The fraction of sp³-hybridized carbons (Fsp3) is 0.0286. The minimum absolute atomic E-state index is 0.0657. The van der Waals surface area contributed by atoms with Crippen molar-refractivity contribution in [3.05, 3.63) is 265 Å². The largest absolute Gasteiger partial charge is 0.456 e. The predicted octanol–water partition coefficient (Wildman–Crippen LogP) is 19.9. The Morgan fingerprint density at radius 3 is 1.03 bits per heavy atom. The van der Waals surface area contributed by atoms with E-state index in [4.69, 9.17) is 18.8 Å². The summed E-state index contributed by atoms with van der Waals surface area (Å²) >= 11 is 3.45. The molecule has 0 aliphatic heterocycles. The molecule has 4 aromatic heterocycles. The molecule has 2 aliphatic rings. The average Bonchev–Trinajstić information content (AvgIpc) is 4.56. The van der Waals surface area contributed by atoms with Gasteiger partial charge in [-0.3, -0.25) is 0 Å². The Morgan fingerprint density at radius 1 is 0.308 bits per heavy atom. The molecule has 0 saturated carbocycles. The number of aromatic nitrogens is 2. The van der Waals surface area contributed by atoms with Gasteiger partial charge in [-0.1, -0.05) is 121 Å². The molecule has 0 amide bonds. The van der Waals surface area contributed by atoms with Crippen molar-refractivity contribution < 1.29 is 8.83 Å². The molecule has 6 nitrogen and oxygen atoms in total. The van der Waals surface area contributed by atoms with Crippen LogP contribution in [0.5, 0.6) is 0 Å². The van der Waals surface area contributed by atoms with Crippen LogP contribution >= 0.6 is 22.7 Å². The first-order valence-electron chi connectivity index (χ1n) is 26.3. The maximum Gasteiger partial charge on any atom is 0.137 e. The average molecular weight is 1040 g/mol. The smallest absolute Gasteiger partial charge is 0.137 e. The summed E-state index contributed by atoms with van der Waals surface area (Å²) in [5, 5.41) is 6.13. The third-order valence-electron chi connectivity index (χ3n) is 16.1. The van der Waals surface area contributed by atoms with Gasteiger partial charge in [-0.05, 0) is 154 Å². The molecule has 11 aromatic carbocycles. The molecule has 0 spiro atoms. The number of thiazole rings is 2. The Labute approximate surface area is 456 Å². The molecule has 8 heteroatoms. The molecule has 4 heterocycles. The third-order valence-corrected chi connectivity index (χ3v) is 18.3. The van der Waals surface area contributed by atoms with E-state index in [1.807, 2.05) is 12.1 Å². The summed E-state index contributed by atoms with van der Waals surface area (Å²) in [6, 6.07) is 87.4. The van der Waals surface area contributed by atoms with Crippen LogP contribution in [0.15, 0.2) is 251 Å². The van der Waals surface area contributed by atoms with Crippen LogP contribution in [0.3, 0.4) is 0 Å². The summed E-state index contributed by atoms with van der Waals surface area (Å²) in [6.45, 7) is 0. The van der Waals surface area contributed by atoms with E-state index in [1.54, 1.807) is 22.7 Å². The first-order chi connectivity index (χ1) is 38.6. The molecule has 0 bridgehead atoms. The van der Waals surface area contributed by atoms with E-state index in [0.717, 1.165) is 98.8 Å². The fourth-order valence-corrected chi connectivity index (χ4v) is 14.5. The van der Waals surface area contributed by atoms with E-state index in [0.29, 0.717) is 0 Å². The van der Waals surface area contributed by atoms with E-state index < -0.39 is 0 Å². The molecule has 0 radical (unpaired) electrons. The van der Waals surface area contributed by atoms with Crippen molar-refractivity contribution in [1.29, 1.82) is 0 Å². The van der Waals surface area contributed by atoms with Gasteiger partial charge >= 0.3 is 0 Å². The first-order valence-corrected chi connectivity index (χ1v) is 28.0. The zero-order valence-electron chi connectivity index (χ0n) is 41.7. The van der Waals surface area contributed by atoms with Gasteiger partial charge in [-0.25, -0.2) is 9.97 Å². The van der Waals surface area contributed by atoms with Crippen LogP contribution in [0.25, 0.3) is 108 Å². The summed E-state index contributed by atoms with van der Waals surface area (Å²) in [6.07, 6.45) is 0. The molecule has 0 unspecified atom stereocenters. The highest BCUT2D eigenvalue weighted by Crippen LogP contribution is 2.53. The highest BCUT2D eigenvalue weighted by atomic mass is 32.1. The van der Waals surface area contributed by atoms with Crippen molar-refractivity contribution in [2.75, 3.05) is 9.80 Å². The lowest BCUT2D eigenvalue weighted by atomic mass is 10.0. The van der Waals surface area contributed by atoms with E-state index in [1.165, 1.54) is 53.9 Å². The molecule has 17 rings (SSSR count). The summed E-state index contributed by atoms with van der Waals surface area (Å²) in [4.78, 5) is 14.9. The van der Waals surface area contributed by atoms with Crippen LogP contribution in [0.1, 0.15) is 34.3 Å². The van der Waals surface area contributed by atoms with Gasteiger partial charge in [0.25, 0.3) is 0 Å². The number of benzene rings is 11. The standard InChI is InChI=1S/C70H42N4O2S2/c1-5-17-53-47(13-1)48-14-2-6-18-54(48)67(53)73(43-29-25-41(26-30-43)69-71-59-21-9-11-23-65(59)77-69)45-33-35-51-57-39-64-58(40-63(57)75-61(51)37-45)52-36-34-46(38-62(52)76-64)74(68-55-19-7-3-15-49(55)50-16-4-8-20-56(50)68)44-31-27-42(28-32-44)70-72-60-22-10-12-24-66(60)78-70/h1-40,67-68H. The predicted molar refractivity (Wildman–Crippen MR) is 323 cm³/mol. The molecule has 2 aliphatic carbocycles. The van der Waals surface area contributed by atoms with Gasteiger partial charge in [-0.2, -0.15) is 0 Å². The second-order valence-corrected chi connectivity index (χ2v) is 22.4. The number of furan rings is 2. The van der Waals surface area contributed by atoms with Gasteiger partial charge in [0.2, 0.25) is 0 Å². The number of hydrogen-bond donors (Lipinski definition) is 0. The van der Waals surface area contributed by atoms with Crippen molar-refractivity contribution in [2.45, 2.75) is 12.1 Å². The number of para-hydroxylation sites is 2. The van der Waals surface area contributed by atoms with Crippen molar-refractivity contribution in [2.24, 2.45) is 0 Å². The highest BCUT2D eigenvalue weighted by Gasteiger charge is 2.36. The molecule has 15 aromatic rings. The van der Waals surface area contributed by atoms with E-state index in [9.17, 15) is 0 Å². The quantitative estimate of drug-likeness (QED) is 0.151. The summed E-state index contributed by atoms with van der Waals surface area (Å²) in [5.41, 5.74) is 21.9. The zero-order valence-corrected chi connectivity index (χ0v) is 43.3. The molecular formula is C70H42N4O2S2. The zero-order chi connectivity index (χ0) is 51.0. The molecule has 78 heavy (non-hydrogen) atoms. The van der Waals surface area contributed by atoms with E-state index >= 15 is 0 Å². The van der Waals surface area contributed by atoms with Gasteiger partial charge in [-0.15, -0.1) is 22.7 Å². The maximum atomic E-state index is 6.94. The van der Waals surface area contributed by atoms with Gasteiger partial charge in [0.05, 0.1) is 32.5 Å². The van der Waals surface area contributed by atoms with Crippen LogP contribution in [0.2, 0.25) is 0 Å². The van der Waals surface area contributed by atoms with Crippen LogP contribution in [0, 0.1) is 0 Å². The maximum absolute atomic E-state index is 6.94. The van der Waals surface area contributed by atoms with Crippen molar-refractivity contribution >= 4 is 110 Å². The van der Waals surface area contributed by atoms with Gasteiger partial charge in [0.15, 0.2) is 0 Å². The molecule has 366 valence electrons. The number of rotatable bonds is 8. The minimum Gasteiger partial charge on any atom is -0.456 e. The Morgan fingerprint density at radius 2 is 0.641 bits per heavy atom. The SMILES string of the molecule is c1ccc2c(c1)-c1ccccc1C2N(c1ccc(-c2nc3ccccc3s2)cc1)c1ccc2c(c1)oc1cc3c(cc12)oc1cc(N(c2ccc(-c4nc5ccccc5s4)cc2)C2c4ccccc4-c4ccccc42)ccc13. The van der Waals surface area contributed by atoms with Crippen molar-refractivity contribution in [3.8, 4) is 43.4 Å². The number of nitrogens with zero attached hydrogens (tertiary/aromatic N) is 4. The van der Waals surface area contributed by atoms with Crippen molar-refractivity contribution in [1.82, 2.24) is 9.97 Å². The van der Waals surface area contributed by atoms with Crippen LogP contribution in [-0.4, -0.2) is 9.97 Å². The lowest BCUT2D eigenvalue weighted by molar-refractivity contribution is 0.663. The van der Waals surface area contributed by atoms with Gasteiger partial charge in [0, 0.05) is 67.6 Å². The highest BCUT2D eigenvalue weighted by molar-refractivity contribution is 7.22. The lowest BCUT2D eigenvalue weighted by Crippen LogP contribution is -2.23. The second-order valence-electron chi connectivity index (χ2n) is 20.4. The Bertz CT molecular complexity index is 4440. The fourth-order valence-electron chi connectivity index (χ4n) is 12.6. The summed E-state index contributed by atoms with van der Waals surface area (Å²) in [5.74, 6) is 0. The molecule has 0 fully saturated rings. The third kappa shape index (κ3) is 6.67.